The molecule has 1 fully saturated rings. The van der Waals surface area contributed by atoms with Gasteiger partial charge in [-0.2, -0.15) is 9.97 Å². The SMILES string of the molecule is OC1CCCN(c2ccnc(Nc3cccc(-c4nc5ncccc5o4)c3)n2)C1. The number of piperidine rings is 1. The maximum absolute atomic E-state index is 9.92. The molecule has 1 aliphatic heterocycles. The fraction of sp³-hybridized carbons (Fsp3) is 0.238. The van der Waals surface area contributed by atoms with Crippen LogP contribution in [0.3, 0.4) is 0 Å². The van der Waals surface area contributed by atoms with Gasteiger partial charge in [0, 0.05) is 36.7 Å². The summed E-state index contributed by atoms with van der Waals surface area (Å²) in [4.78, 5) is 19.7. The fourth-order valence-electron chi connectivity index (χ4n) is 3.50. The molecule has 1 unspecified atom stereocenters. The molecular weight excluding hydrogens is 368 g/mol. The van der Waals surface area contributed by atoms with Gasteiger partial charge in [0.25, 0.3) is 0 Å². The Bertz CT molecular complexity index is 1110. The quantitative estimate of drug-likeness (QED) is 0.549. The van der Waals surface area contributed by atoms with Crippen LogP contribution in [-0.4, -0.2) is 44.2 Å². The second-order valence-electron chi connectivity index (χ2n) is 7.03. The highest BCUT2D eigenvalue weighted by Gasteiger charge is 2.19. The Morgan fingerprint density at radius 3 is 2.93 bits per heavy atom. The minimum Gasteiger partial charge on any atom is -0.434 e. The Morgan fingerprint density at radius 1 is 1.07 bits per heavy atom. The third kappa shape index (κ3) is 3.74. The predicted octanol–water partition coefficient (Wildman–Crippen LogP) is 3.38. The van der Waals surface area contributed by atoms with Gasteiger partial charge in [-0.15, -0.1) is 0 Å². The monoisotopic (exact) mass is 388 g/mol. The van der Waals surface area contributed by atoms with E-state index in [0.717, 1.165) is 36.5 Å². The molecule has 4 heterocycles. The molecule has 146 valence electrons. The summed E-state index contributed by atoms with van der Waals surface area (Å²) in [5.41, 5.74) is 2.90. The summed E-state index contributed by atoms with van der Waals surface area (Å²) in [6.45, 7) is 1.48. The Hall–Kier alpha value is -3.52. The third-order valence-corrected chi connectivity index (χ3v) is 4.89. The number of hydrogen-bond acceptors (Lipinski definition) is 8. The lowest BCUT2D eigenvalue weighted by molar-refractivity contribution is 0.154. The van der Waals surface area contributed by atoms with Gasteiger partial charge in [0.15, 0.2) is 11.2 Å². The normalized spacial score (nSPS) is 16.9. The summed E-state index contributed by atoms with van der Waals surface area (Å²) in [7, 11) is 0. The molecule has 1 aliphatic rings. The molecule has 5 rings (SSSR count). The Balaban J connectivity index is 1.38. The number of nitrogens with one attached hydrogen (secondary N) is 1. The molecule has 0 radical (unpaired) electrons. The zero-order valence-electron chi connectivity index (χ0n) is 15.7. The summed E-state index contributed by atoms with van der Waals surface area (Å²) in [5, 5.41) is 13.2. The van der Waals surface area contributed by atoms with Gasteiger partial charge in [-0.1, -0.05) is 6.07 Å². The van der Waals surface area contributed by atoms with Crippen LogP contribution in [0.25, 0.3) is 22.7 Å². The van der Waals surface area contributed by atoms with Gasteiger partial charge >= 0.3 is 0 Å². The zero-order valence-corrected chi connectivity index (χ0v) is 15.7. The molecule has 1 aromatic carbocycles. The van der Waals surface area contributed by atoms with Crippen LogP contribution in [0.5, 0.6) is 0 Å². The smallest absolute Gasteiger partial charge is 0.229 e. The van der Waals surface area contributed by atoms with Crippen LogP contribution in [0.15, 0.2) is 59.3 Å². The van der Waals surface area contributed by atoms with E-state index in [1.807, 2.05) is 42.5 Å². The van der Waals surface area contributed by atoms with Crippen LogP contribution in [0.4, 0.5) is 17.5 Å². The van der Waals surface area contributed by atoms with Gasteiger partial charge in [0.05, 0.1) is 6.10 Å². The molecule has 0 amide bonds. The van der Waals surface area contributed by atoms with E-state index in [-0.39, 0.29) is 6.10 Å². The van der Waals surface area contributed by atoms with Crippen molar-refractivity contribution in [3.05, 3.63) is 54.9 Å². The Morgan fingerprint density at radius 2 is 2.03 bits per heavy atom. The number of anilines is 3. The van der Waals surface area contributed by atoms with Crippen molar-refractivity contribution < 1.29 is 9.52 Å². The standard InChI is InChI=1S/C21H20N6O2/c28-16-6-3-11-27(13-16)18-8-10-23-21(25-18)24-15-5-1-4-14(12-15)20-26-19-17(29-20)7-2-9-22-19/h1-2,4-5,7-10,12,16,28H,3,6,11,13H2,(H,23,24,25). The third-order valence-electron chi connectivity index (χ3n) is 4.89. The summed E-state index contributed by atoms with van der Waals surface area (Å²) in [5.74, 6) is 1.82. The van der Waals surface area contributed by atoms with Gasteiger partial charge in [0.2, 0.25) is 11.8 Å². The van der Waals surface area contributed by atoms with E-state index in [2.05, 4.69) is 30.2 Å². The van der Waals surface area contributed by atoms with Crippen LogP contribution < -0.4 is 10.2 Å². The summed E-state index contributed by atoms with van der Waals surface area (Å²) < 4.78 is 5.80. The fourth-order valence-corrected chi connectivity index (χ4v) is 3.50. The van der Waals surface area contributed by atoms with Crippen LogP contribution >= 0.6 is 0 Å². The van der Waals surface area contributed by atoms with Crippen molar-refractivity contribution in [2.24, 2.45) is 0 Å². The molecule has 1 atom stereocenters. The average molecular weight is 388 g/mol. The Kier molecular flexibility index (Phi) is 4.53. The number of rotatable bonds is 4. The largest absolute Gasteiger partial charge is 0.434 e. The van der Waals surface area contributed by atoms with Gasteiger partial charge in [-0.3, -0.25) is 0 Å². The molecule has 2 N–H and O–H groups in total. The molecule has 0 saturated carbocycles. The molecule has 8 heteroatoms. The first-order chi connectivity index (χ1) is 14.2. The number of fused-ring (bicyclic) bond motifs is 1. The maximum Gasteiger partial charge on any atom is 0.229 e. The second-order valence-corrected chi connectivity index (χ2v) is 7.03. The number of β-amino-alcohol motifs (C(OH)–C–C–N with tert-alkyl or cyclic N) is 1. The average Bonchev–Trinajstić information content (AvgIpc) is 3.19. The van der Waals surface area contributed by atoms with Crippen LogP contribution in [0.1, 0.15) is 12.8 Å². The number of aromatic nitrogens is 4. The maximum atomic E-state index is 9.92. The van der Waals surface area contributed by atoms with E-state index < -0.39 is 0 Å². The summed E-state index contributed by atoms with van der Waals surface area (Å²) in [6, 6.07) is 13.3. The molecule has 0 bridgehead atoms. The van der Waals surface area contributed by atoms with Gasteiger partial charge < -0.3 is 19.7 Å². The van der Waals surface area contributed by atoms with E-state index in [1.54, 1.807) is 12.4 Å². The topological polar surface area (TPSA) is 100 Å². The number of nitrogens with zero attached hydrogens (tertiary/aromatic N) is 5. The van der Waals surface area contributed by atoms with Gasteiger partial charge in [-0.25, -0.2) is 9.97 Å². The van der Waals surface area contributed by atoms with E-state index in [1.165, 1.54) is 0 Å². The molecule has 8 nitrogen and oxygen atoms in total. The highest BCUT2D eigenvalue weighted by atomic mass is 16.3. The molecule has 1 saturated heterocycles. The number of aliphatic hydroxyl groups is 1. The van der Waals surface area contributed by atoms with Crippen LogP contribution in [0.2, 0.25) is 0 Å². The highest BCUT2D eigenvalue weighted by molar-refractivity contribution is 5.73. The minimum atomic E-state index is -0.308. The van der Waals surface area contributed by atoms with Crippen molar-refractivity contribution in [3.63, 3.8) is 0 Å². The van der Waals surface area contributed by atoms with Crippen molar-refractivity contribution in [2.45, 2.75) is 18.9 Å². The zero-order chi connectivity index (χ0) is 19.6. The lowest BCUT2D eigenvalue weighted by Gasteiger charge is -2.31. The first kappa shape index (κ1) is 17.6. The lowest BCUT2D eigenvalue weighted by atomic mass is 10.1. The molecule has 0 aliphatic carbocycles. The highest BCUT2D eigenvalue weighted by Crippen LogP contribution is 2.26. The van der Waals surface area contributed by atoms with Crippen molar-refractivity contribution in [1.29, 1.82) is 0 Å². The summed E-state index contributed by atoms with van der Waals surface area (Å²) >= 11 is 0. The molecule has 4 aromatic rings. The number of oxazole rings is 1. The number of hydrogen-bond donors (Lipinski definition) is 2. The predicted molar refractivity (Wildman–Crippen MR) is 110 cm³/mol. The van der Waals surface area contributed by atoms with E-state index in [4.69, 9.17) is 4.42 Å². The molecular formula is C21H20N6O2. The Labute approximate surface area is 167 Å². The number of pyridine rings is 1. The van der Waals surface area contributed by atoms with Crippen molar-refractivity contribution in [3.8, 4) is 11.5 Å². The molecule has 0 spiro atoms. The van der Waals surface area contributed by atoms with E-state index in [0.29, 0.717) is 29.6 Å². The second kappa shape index (κ2) is 7.48. The number of benzene rings is 1. The van der Waals surface area contributed by atoms with Crippen LogP contribution in [-0.2, 0) is 0 Å². The van der Waals surface area contributed by atoms with Gasteiger partial charge in [-0.05, 0) is 49.2 Å². The van der Waals surface area contributed by atoms with Crippen molar-refractivity contribution in [2.75, 3.05) is 23.3 Å². The van der Waals surface area contributed by atoms with Crippen molar-refractivity contribution >= 4 is 28.7 Å². The molecule has 3 aromatic heterocycles. The minimum absolute atomic E-state index is 0.308. The van der Waals surface area contributed by atoms with E-state index in [9.17, 15) is 5.11 Å². The first-order valence-electron chi connectivity index (χ1n) is 9.60. The van der Waals surface area contributed by atoms with Crippen molar-refractivity contribution in [1.82, 2.24) is 19.9 Å². The van der Waals surface area contributed by atoms with Crippen LogP contribution in [0, 0.1) is 0 Å². The first-order valence-corrected chi connectivity index (χ1v) is 9.60. The van der Waals surface area contributed by atoms with Gasteiger partial charge in [0.1, 0.15) is 5.82 Å². The van der Waals surface area contributed by atoms with E-state index >= 15 is 0 Å². The molecule has 29 heavy (non-hydrogen) atoms. The number of aliphatic hydroxyl groups excluding tert-OH is 1. The lowest BCUT2D eigenvalue weighted by Crippen LogP contribution is -2.38. The summed E-state index contributed by atoms with van der Waals surface area (Å²) in [6.07, 6.45) is 4.90.